The van der Waals surface area contributed by atoms with Crippen molar-refractivity contribution < 1.29 is 9.66 Å². The summed E-state index contributed by atoms with van der Waals surface area (Å²) in [6, 6.07) is 23.7. The summed E-state index contributed by atoms with van der Waals surface area (Å²) in [6.07, 6.45) is 1.59. The lowest BCUT2D eigenvalue weighted by atomic mass is 10.2. The lowest BCUT2D eigenvalue weighted by Gasteiger charge is -2.06. The third kappa shape index (κ3) is 4.67. The van der Waals surface area contributed by atoms with Crippen LogP contribution < -0.4 is 10.2 Å². The van der Waals surface area contributed by atoms with Crippen LogP contribution in [0, 0.1) is 10.1 Å². The zero-order chi connectivity index (χ0) is 18.2. The van der Waals surface area contributed by atoms with E-state index >= 15 is 0 Å². The van der Waals surface area contributed by atoms with Crippen LogP contribution in [0.15, 0.2) is 84.0 Å². The molecule has 0 aliphatic heterocycles. The first-order chi connectivity index (χ1) is 12.7. The summed E-state index contributed by atoms with van der Waals surface area (Å²) in [6.45, 7) is 0.507. The molecular weight excluding hydrogens is 330 g/mol. The number of nitro groups is 1. The minimum atomic E-state index is -0.448. The van der Waals surface area contributed by atoms with Gasteiger partial charge in [-0.3, -0.25) is 15.5 Å². The van der Waals surface area contributed by atoms with Gasteiger partial charge in [0.1, 0.15) is 18.0 Å². The van der Waals surface area contributed by atoms with Gasteiger partial charge in [-0.1, -0.05) is 42.5 Å². The van der Waals surface area contributed by atoms with Crippen molar-refractivity contribution in [2.24, 2.45) is 5.10 Å². The zero-order valence-corrected chi connectivity index (χ0v) is 13.9. The normalized spacial score (nSPS) is 10.6. The van der Waals surface area contributed by atoms with Crippen molar-refractivity contribution in [3.8, 4) is 5.75 Å². The average molecular weight is 347 g/mol. The number of nitrogens with zero attached hydrogens (tertiary/aromatic N) is 2. The Kier molecular flexibility index (Phi) is 5.57. The topological polar surface area (TPSA) is 76.8 Å². The number of hydrazone groups is 1. The van der Waals surface area contributed by atoms with Crippen LogP contribution in [0.25, 0.3) is 0 Å². The molecule has 6 heteroatoms. The number of hydrogen-bond acceptors (Lipinski definition) is 5. The summed E-state index contributed by atoms with van der Waals surface area (Å²) >= 11 is 0. The molecule has 0 radical (unpaired) electrons. The molecule has 0 aromatic heterocycles. The van der Waals surface area contributed by atoms with Gasteiger partial charge >= 0.3 is 0 Å². The molecule has 0 fully saturated rings. The Bertz CT molecular complexity index is 894. The predicted octanol–water partition coefficient (Wildman–Crippen LogP) is 4.62. The predicted molar refractivity (Wildman–Crippen MR) is 102 cm³/mol. The Morgan fingerprint density at radius 3 is 2.38 bits per heavy atom. The molecule has 0 saturated carbocycles. The van der Waals surface area contributed by atoms with Gasteiger partial charge < -0.3 is 4.74 Å². The van der Waals surface area contributed by atoms with Crippen LogP contribution in [0.1, 0.15) is 11.1 Å². The van der Waals surface area contributed by atoms with Crippen molar-refractivity contribution in [1.82, 2.24) is 0 Å². The number of nitrogens with one attached hydrogen (secondary N) is 1. The van der Waals surface area contributed by atoms with Crippen molar-refractivity contribution >= 4 is 17.6 Å². The number of rotatable bonds is 7. The Balaban J connectivity index is 1.57. The first-order valence-corrected chi connectivity index (χ1v) is 8.01. The molecule has 0 bridgehead atoms. The highest BCUT2D eigenvalue weighted by Crippen LogP contribution is 2.23. The van der Waals surface area contributed by atoms with E-state index in [-0.39, 0.29) is 5.69 Å². The SMILES string of the molecule is O=[N+]([O-])c1ccccc1NN=Cc1ccc(OCc2ccccc2)cc1. The fourth-order valence-corrected chi connectivity index (χ4v) is 2.29. The quantitative estimate of drug-likeness (QED) is 0.384. The molecule has 0 aliphatic rings. The van der Waals surface area contributed by atoms with Gasteiger partial charge in [0.15, 0.2) is 0 Å². The molecule has 0 amide bonds. The molecule has 26 heavy (non-hydrogen) atoms. The number of ether oxygens (including phenoxy) is 1. The van der Waals surface area contributed by atoms with Crippen LogP contribution in [0.4, 0.5) is 11.4 Å². The minimum absolute atomic E-state index is 0.0192. The van der Waals surface area contributed by atoms with E-state index in [0.717, 1.165) is 16.9 Å². The number of hydrogen-bond donors (Lipinski definition) is 1. The first-order valence-electron chi connectivity index (χ1n) is 8.01. The van der Waals surface area contributed by atoms with Gasteiger partial charge in [0, 0.05) is 6.07 Å². The summed E-state index contributed by atoms with van der Waals surface area (Å²) in [7, 11) is 0. The monoisotopic (exact) mass is 347 g/mol. The summed E-state index contributed by atoms with van der Waals surface area (Å²) in [5.41, 5.74) is 4.98. The molecular formula is C20H17N3O3. The smallest absolute Gasteiger partial charge is 0.294 e. The van der Waals surface area contributed by atoms with Crippen molar-refractivity contribution in [2.45, 2.75) is 6.61 Å². The molecule has 0 atom stereocenters. The largest absolute Gasteiger partial charge is 0.489 e. The van der Waals surface area contributed by atoms with Crippen LogP contribution in [0.3, 0.4) is 0 Å². The second kappa shape index (κ2) is 8.43. The molecule has 1 N–H and O–H groups in total. The van der Waals surface area contributed by atoms with Crippen molar-refractivity contribution in [3.63, 3.8) is 0 Å². The lowest BCUT2D eigenvalue weighted by Crippen LogP contribution is -1.97. The molecule has 6 nitrogen and oxygen atoms in total. The maximum absolute atomic E-state index is 11.0. The maximum atomic E-state index is 11.0. The minimum Gasteiger partial charge on any atom is -0.489 e. The summed E-state index contributed by atoms with van der Waals surface area (Å²) in [4.78, 5) is 10.5. The van der Waals surface area contributed by atoms with E-state index in [1.165, 1.54) is 6.07 Å². The van der Waals surface area contributed by atoms with Crippen molar-refractivity contribution in [3.05, 3.63) is 100 Å². The Labute approximate surface area is 150 Å². The first kappa shape index (κ1) is 17.2. The van der Waals surface area contributed by atoms with E-state index in [0.29, 0.717) is 12.3 Å². The second-order valence-electron chi connectivity index (χ2n) is 5.49. The molecule has 3 rings (SSSR count). The van der Waals surface area contributed by atoms with E-state index in [9.17, 15) is 10.1 Å². The molecule has 3 aromatic carbocycles. The fourth-order valence-electron chi connectivity index (χ4n) is 2.29. The average Bonchev–Trinajstić information content (AvgIpc) is 2.68. The Morgan fingerprint density at radius 1 is 0.962 bits per heavy atom. The number of benzene rings is 3. The van der Waals surface area contributed by atoms with Crippen LogP contribution >= 0.6 is 0 Å². The molecule has 0 aliphatic carbocycles. The molecule has 0 heterocycles. The molecule has 130 valence electrons. The van der Waals surface area contributed by atoms with Gasteiger partial charge in [-0.25, -0.2) is 0 Å². The van der Waals surface area contributed by atoms with Crippen LogP contribution in [-0.4, -0.2) is 11.1 Å². The van der Waals surface area contributed by atoms with Gasteiger partial charge in [0.25, 0.3) is 5.69 Å². The number of para-hydroxylation sites is 2. The third-order valence-corrected chi connectivity index (χ3v) is 3.63. The van der Waals surface area contributed by atoms with E-state index in [4.69, 9.17) is 4.74 Å². The van der Waals surface area contributed by atoms with Crippen LogP contribution in [0.2, 0.25) is 0 Å². The van der Waals surface area contributed by atoms with E-state index < -0.39 is 4.92 Å². The molecule has 0 saturated heterocycles. The van der Waals surface area contributed by atoms with Gasteiger partial charge in [0.2, 0.25) is 0 Å². The summed E-state index contributed by atoms with van der Waals surface area (Å²) < 4.78 is 5.73. The summed E-state index contributed by atoms with van der Waals surface area (Å²) in [5, 5.41) is 15.0. The second-order valence-corrected chi connectivity index (χ2v) is 5.49. The van der Waals surface area contributed by atoms with Crippen molar-refractivity contribution in [2.75, 3.05) is 5.43 Å². The van der Waals surface area contributed by atoms with E-state index in [1.807, 2.05) is 54.6 Å². The maximum Gasteiger partial charge on any atom is 0.294 e. The van der Waals surface area contributed by atoms with Gasteiger partial charge in [-0.2, -0.15) is 5.10 Å². The standard InChI is InChI=1S/C20H17N3O3/c24-23(25)20-9-5-4-8-19(20)22-21-14-16-10-12-18(13-11-16)26-15-17-6-2-1-3-7-17/h1-14,22H,15H2. The van der Waals surface area contributed by atoms with Crippen molar-refractivity contribution in [1.29, 1.82) is 0 Å². The van der Waals surface area contributed by atoms with E-state index in [2.05, 4.69) is 10.5 Å². The van der Waals surface area contributed by atoms with Crippen LogP contribution in [0.5, 0.6) is 5.75 Å². The highest BCUT2D eigenvalue weighted by atomic mass is 16.6. The molecule has 3 aromatic rings. The zero-order valence-electron chi connectivity index (χ0n) is 13.9. The summed E-state index contributed by atoms with van der Waals surface area (Å²) in [5.74, 6) is 0.762. The van der Waals surface area contributed by atoms with E-state index in [1.54, 1.807) is 24.4 Å². The highest BCUT2D eigenvalue weighted by molar-refractivity contribution is 5.80. The Morgan fingerprint density at radius 2 is 1.65 bits per heavy atom. The molecule has 0 unspecified atom stereocenters. The fraction of sp³-hybridized carbons (Fsp3) is 0.0500. The van der Waals surface area contributed by atoms with Crippen LogP contribution in [-0.2, 0) is 6.61 Å². The number of nitro benzene ring substituents is 1. The van der Waals surface area contributed by atoms with Gasteiger partial charge in [0.05, 0.1) is 11.1 Å². The Hall–Kier alpha value is -3.67. The van der Waals surface area contributed by atoms with Gasteiger partial charge in [-0.05, 0) is 41.5 Å². The molecule has 0 spiro atoms. The lowest BCUT2D eigenvalue weighted by molar-refractivity contribution is -0.384. The van der Waals surface area contributed by atoms with Gasteiger partial charge in [-0.15, -0.1) is 0 Å². The number of anilines is 1. The highest BCUT2D eigenvalue weighted by Gasteiger charge is 2.10. The third-order valence-electron chi connectivity index (χ3n) is 3.63.